The van der Waals surface area contributed by atoms with Crippen LogP contribution >= 0.6 is 11.6 Å². The van der Waals surface area contributed by atoms with Crippen molar-refractivity contribution in [2.45, 2.75) is 44.9 Å². The Hall–Kier alpha value is -1.02. The van der Waals surface area contributed by atoms with Gasteiger partial charge in [-0.25, -0.2) is 0 Å². The zero-order valence-corrected chi connectivity index (χ0v) is 11.8. The molecule has 3 heteroatoms. The van der Waals surface area contributed by atoms with Crippen molar-refractivity contribution in [2.75, 3.05) is 12.1 Å². The van der Waals surface area contributed by atoms with Crippen molar-refractivity contribution in [1.29, 1.82) is 0 Å². The average molecular weight is 265 g/mol. The third-order valence-corrected chi connectivity index (χ3v) is 3.67. The van der Waals surface area contributed by atoms with Gasteiger partial charge in [0, 0.05) is 17.8 Å². The Morgan fingerprint density at radius 1 is 0.944 bits per heavy atom. The van der Waals surface area contributed by atoms with Crippen molar-refractivity contribution in [1.82, 2.24) is 0 Å². The Bertz CT molecular complexity index is 387. The predicted octanol–water partition coefficient (Wildman–Crippen LogP) is 4.88. The lowest BCUT2D eigenvalue weighted by atomic mass is 9.99. The minimum absolute atomic E-state index is 0.769. The largest absolute Gasteiger partial charge is 0.269 e. The molecule has 0 unspecified atom stereocenters. The van der Waals surface area contributed by atoms with Gasteiger partial charge in [0.25, 0.3) is 0 Å². The van der Waals surface area contributed by atoms with Gasteiger partial charge in [-0.1, -0.05) is 30.9 Å². The molecule has 0 spiro atoms. The molecular weight excluding hydrogens is 244 g/mol. The maximum absolute atomic E-state index is 5.89. The first-order valence-electron chi connectivity index (χ1n) is 6.81. The molecule has 1 aliphatic carbocycles. The van der Waals surface area contributed by atoms with Crippen LogP contribution in [0, 0.1) is 0 Å². The second kappa shape index (κ2) is 6.79. The number of hydrogen-bond acceptors (Lipinski definition) is 2. The maximum Gasteiger partial charge on any atom is 0.0591 e. The number of hydrogen-bond donors (Lipinski definition) is 0. The van der Waals surface area contributed by atoms with Crippen molar-refractivity contribution in [3.05, 3.63) is 29.3 Å². The van der Waals surface area contributed by atoms with E-state index < -0.39 is 0 Å². The molecule has 0 bridgehead atoms. The summed E-state index contributed by atoms with van der Waals surface area (Å²) in [5.74, 6) is 0. The summed E-state index contributed by atoms with van der Waals surface area (Å²) in [5.41, 5.74) is 2.43. The Balaban J connectivity index is 2.03. The topological polar surface area (TPSA) is 15.6 Å². The van der Waals surface area contributed by atoms with Gasteiger partial charge in [-0.15, -0.1) is 0 Å². The van der Waals surface area contributed by atoms with Crippen molar-refractivity contribution in [3.63, 3.8) is 0 Å². The Labute approximate surface area is 115 Å². The minimum Gasteiger partial charge on any atom is -0.269 e. The number of halogens is 1. The summed E-state index contributed by atoms with van der Waals surface area (Å²) in [5, 5.41) is 7.48. The summed E-state index contributed by atoms with van der Waals surface area (Å²) < 4.78 is 0. The van der Waals surface area contributed by atoms with Crippen LogP contribution in [0.1, 0.15) is 44.9 Å². The summed E-state index contributed by atoms with van der Waals surface area (Å²) >= 11 is 5.89. The molecule has 1 aliphatic rings. The fourth-order valence-electron chi connectivity index (χ4n) is 2.34. The molecule has 0 radical (unpaired) electrons. The number of nitrogens with zero attached hydrogens (tertiary/aromatic N) is 2. The first-order valence-corrected chi connectivity index (χ1v) is 7.19. The standard InChI is InChI=1S/C15H21ClN2/c1-18(15-11-9-13(16)10-12-15)17-14-7-5-3-2-4-6-8-14/h9-12H,2-8H2,1H3. The van der Waals surface area contributed by atoms with Crippen molar-refractivity contribution in [3.8, 4) is 0 Å². The van der Waals surface area contributed by atoms with Crippen LogP contribution < -0.4 is 5.01 Å². The molecule has 0 aromatic heterocycles. The summed E-state index contributed by atoms with van der Waals surface area (Å²) in [6.07, 6.45) is 8.96. The highest BCUT2D eigenvalue weighted by molar-refractivity contribution is 6.30. The van der Waals surface area contributed by atoms with E-state index in [1.807, 2.05) is 36.3 Å². The van der Waals surface area contributed by atoms with Crippen molar-refractivity contribution < 1.29 is 0 Å². The van der Waals surface area contributed by atoms with E-state index in [0.29, 0.717) is 0 Å². The molecule has 1 aromatic carbocycles. The second-order valence-corrected chi connectivity index (χ2v) is 5.37. The van der Waals surface area contributed by atoms with Crippen LogP contribution in [0.25, 0.3) is 0 Å². The van der Waals surface area contributed by atoms with Gasteiger partial charge in [-0.3, -0.25) is 5.01 Å². The summed E-state index contributed by atoms with van der Waals surface area (Å²) in [6, 6.07) is 7.84. The highest BCUT2D eigenvalue weighted by Gasteiger charge is 2.06. The zero-order valence-electron chi connectivity index (χ0n) is 11.0. The van der Waals surface area contributed by atoms with Gasteiger partial charge in [-0.05, 0) is 49.9 Å². The third-order valence-electron chi connectivity index (χ3n) is 3.42. The second-order valence-electron chi connectivity index (χ2n) is 4.93. The molecule has 0 amide bonds. The minimum atomic E-state index is 0.769. The van der Waals surface area contributed by atoms with Gasteiger partial charge in [0.1, 0.15) is 0 Å². The lowest BCUT2D eigenvalue weighted by molar-refractivity contribution is 0.605. The maximum atomic E-state index is 5.89. The molecule has 0 saturated heterocycles. The van der Waals surface area contributed by atoms with E-state index in [1.165, 1.54) is 37.8 Å². The average Bonchev–Trinajstić information content (AvgIpc) is 2.33. The monoisotopic (exact) mass is 264 g/mol. The molecule has 0 atom stereocenters. The summed E-state index contributed by atoms with van der Waals surface area (Å²) in [7, 11) is 2.01. The molecule has 2 nitrogen and oxygen atoms in total. The molecule has 0 heterocycles. The Morgan fingerprint density at radius 2 is 1.50 bits per heavy atom. The quantitative estimate of drug-likeness (QED) is 0.696. The molecule has 1 saturated carbocycles. The van der Waals surface area contributed by atoms with E-state index >= 15 is 0 Å². The first kappa shape index (κ1) is 13.4. The SMILES string of the molecule is CN(N=C1CCCCCCC1)c1ccc(Cl)cc1. The molecule has 1 aromatic rings. The molecule has 18 heavy (non-hydrogen) atoms. The van der Waals surface area contributed by atoms with Crippen LogP contribution in [0.2, 0.25) is 5.02 Å². The summed E-state index contributed by atoms with van der Waals surface area (Å²) in [6.45, 7) is 0. The lowest BCUT2D eigenvalue weighted by Gasteiger charge is -2.17. The normalized spacial score (nSPS) is 16.9. The Kier molecular flexibility index (Phi) is 5.06. The van der Waals surface area contributed by atoms with E-state index in [4.69, 9.17) is 16.7 Å². The van der Waals surface area contributed by atoms with Crippen LogP contribution in [0.4, 0.5) is 5.69 Å². The third kappa shape index (κ3) is 4.02. The lowest BCUT2D eigenvalue weighted by Crippen LogP contribution is -2.14. The van der Waals surface area contributed by atoms with Gasteiger partial charge in [-0.2, -0.15) is 5.10 Å². The smallest absolute Gasteiger partial charge is 0.0591 e. The van der Waals surface area contributed by atoms with Crippen LogP contribution in [0.5, 0.6) is 0 Å². The van der Waals surface area contributed by atoms with E-state index in [9.17, 15) is 0 Å². The zero-order chi connectivity index (χ0) is 12.8. The molecule has 98 valence electrons. The highest BCUT2D eigenvalue weighted by atomic mass is 35.5. The van der Waals surface area contributed by atoms with E-state index in [1.54, 1.807) is 0 Å². The van der Waals surface area contributed by atoms with Crippen molar-refractivity contribution in [2.24, 2.45) is 5.10 Å². The van der Waals surface area contributed by atoms with Gasteiger partial charge < -0.3 is 0 Å². The van der Waals surface area contributed by atoms with Gasteiger partial charge in [0.05, 0.1) is 5.69 Å². The van der Waals surface area contributed by atoms with E-state index in [-0.39, 0.29) is 0 Å². The van der Waals surface area contributed by atoms with Gasteiger partial charge >= 0.3 is 0 Å². The van der Waals surface area contributed by atoms with Crippen LogP contribution in [-0.4, -0.2) is 12.8 Å². The summed E-state index contributed by atoms with van der Waals surface area (Å²) in [4.78, 5) is 0. The van der Waals surface area contributed by atoms with Crippen LogP contribution in [-0.2, 0) is 0 Å². The van der Waals surface area contributed by atoms with E-state index in [2.05, 4.69) is 0 Å². The van der Waals surface area contributed by atoms with Crippen molar-refractivity contribution >= 4 is 23.0 Å². The molecule has 0 aliphatic heterocycles. The number of rotatable bonds is 2. The predicted molar refractivity (Wildman–Crippen MR) is 79.6 cm³/mol. The molecule has 2 rings (SSSR count). The Morgan fingerprint density at radius 3 is 2.11 bits per heavy atom. The first-order chi connectivity index (χ1) is 8.75. The van der Waals surface area contributed by atoms with Gasteiger partial charge in [0.15, 0.2) is 0 Å². The fourth-order valence-corrected chi connectivity index (χ4v) is 2.47. The molecule has 0 N–H and O–H groups in total. The molecular formula is C15H21ClN2. The van der Waals surface area contributed by atoms with E-state index in [0.717, 1.165) is 23.6 Å². The van der Waals surface area contributed by atoms with Gasteiger partial charge in [0.2, 0.25) is 0 Å². The molecule has 1 fully saturated rings. The van der Waals surface area contributed by atoms with Crippen LogP contribution in [0.15, 0.2) is 29.4 Å². The van der Waals surface area contributed by atoms with Crippen LogP contribution in [0.3, 0.4) is 0 Å². The fraction of sp³-hybridized carbons (Fsp3) is 0.533. The number of anilines is 1. The highest BCUT2D eigenvalue weighted by Crippen LogP contribution is 2.19. The number of benzene rings is 1. The number of hydrazone groups is 1.